The standard InChI is InChI=1S/C25H16Cl3NO2/c1-13-18(26)11-6-12-19(13)29-22(30)20-21(23(29)31)25(28)15-8-3-2-7-14(15)24(20,27)16-9-4-5-10-17(16)25/h2-12,20-21H,1H3/t20-,21+,24?,25?. The van der Waals surface area contributed by atoms with Crippen molar-refractivity contribution < 1.29 is 9.59 Å². The van der Waals surface area contributed by atoms with E-state index in [1.165, 1.54) is 4.90 Å². The van der Waals surface area contributed by atoms with Crippen LogP contribution in [0.4, 0.5) is 5.69 Å². The van der Waals surface area contributed by atoms with Gasteiger partial charge in [0.1, 0.15) is 9.75 Å². The summed E-state index contributed by atoms with van der Waals surface area (Å²) >= 11 is 21.2. The van der Waals surface area contributed by atoms with Crippen molar-refractivity contribution in [3.8, 4) is 0 Å². The minimum atomic E-state index is -1.18. The van der Waals surface area contributed by atoms with Crippen LogP contribution < -0.4 is 4.90 Å². The molecule has 0 spiro atoms. The highest BCUT2D eigenvalue weighted by Gasteiger charge is 2.73. The first-order chi connectivity index (χ1) is 14.8. The lowest BCUT2D eigenvalue weighted by atomic mass is 9.54. The van der Waals surface area contributed by atoms with Crippen LogP contribution in [0.1, 0.15) is 27.8 Å². The second-order valence-corrected chi connectivity index (χ2v) is 9.97. The zero-order chi connectivity index (χ0) is 21.7. The third kappa shape index (κ3) is 2.08. The lowest BCUT2D eigenvalue weighted by Crippen LogP contribution is -2.57. The largest absolute Gasteiger partial charge is 0.274 e. The first-order valence-corrected chi connectivity index (χ1v) is 11.2. The molecule has 0 aromatic heterocycles. The van der Waals surface area contributed by atoms with Crippen LogP contribution in [0.5, 0.6) is 0 Å². The molecule has 3 aromatic rings. The number of hydrogen-bond acceptors (Lipinski definition) is 2. The van der Waals surface area contributed by atoms with E-state index in [2.05, 4.69) is 0 Å². The number of imide groups is 1. The highest BCUT2D eigenvalue weighted by molar-refractivity contribution is 6.39. The number of nitrogens with zero attached hydrogens (tertiary/aromatic N) is 1. The van der Waals surface area contributed by atoms with Gasteiger partial charge in [-0.1, -0.05) is 66.2 Å². The van der Waals surface area contributed by atoms with Crippen molar-refractivity contribution in [3.63, 3.8) is 0 Å². The van der Waals surface area contributed by atoms with E-state index >= 15 is 0 Å². The molecule has 154 valence electrons. The molecule has 31 heavy (non-hydrogen) atoms. The van der Waals surface area contributed by atoms with Gasteiger partial charge in [0, 0.05) is 5.02 Å². The van der Waals surface area contributed by atoms with Gasteiger partial charge < -0.3 is 0 Å². The summed E-state index contributed by atoms with van der Waals surface area (Å²) in [5.41, 5.74) is 4.30. The molecular weight excluding hydrogens is 453 g/mol. The van der Waals surface area contributed by atoms with Gasteiger partial charge in [-0.25, -0.2) is 4.90 Å². The Morgan fingerprint density at radius 2 is 1.13 bits per heavy atom. The van der Waals surface area contributed by atoms with E-state index in [-0.39, 0.29) is 11.8 Å². The average molecular weight is 469 g/mol. The monoisotopic (exact) mass is 467 g/mol. The van der Waals surface area contributed by atoms with Gasteiger partial charge in [0.25, 0.3) is 0 Å². The van der Waals surface area contributed by atoms with Crippen molar-refractivity contribution >= 4 is 52.3 Å². The van der Waals surface area contributed by atoms with Gasteiger partial charge in [0.15, 0.2) is 0 Å². The fourth-order valence-corrected chi connectivity index (χ4v) is 7.01. The third-order valence-corrected chi connectivity index (χ3v) is 8.76. The molecule has 0 unspecified atom stereocenters. The zero-order valence-electron chi connectivity index (χ0n) is 16.4. The number of carbonyl (C=O) groups excluding carboxylic acids is 2. The summed E-state index contributed by atoms with van der Waals surface area (Å²) in [5.74, 6) is -2.32. The van der Waals surface area contributed by atoms with Gasteiger partial charge in [0.05, 0.1) is 17.5 Å². The van der Waals surface area contributed by atoms with Gasteiger partial charge in [-0.05, 0) is 46.9 Å². The molecule has 2 bridgehead atoms. The number of alkyl halides is 2. The Labute approximate surface area is 194 Å². The quantitative estimate of drug-likeness (QED) is 0.337. The van der Waals surface area contributed by atoms with Crippen LogP contribution in [-0.2, 0) is 19.3 Å². The maximum Gasteiger partial charge on any atom is 0.240 e. The van der Waals surface area contributed by atoms with Crippen molar-refractivity contribution in [1.29, 1.82) is 0 Å². The van der Waals surface area contributed by atoms with Crippen LogP contribution in [0.3, 0.4) is 0 Å². The van der Waals surface area contributed by atoms with E-state index < -0.39 is 21.6 Å². The smallest absolute Gasteiger partial charge is 0.240 e. The van der Waals surface area contributed by atoms with Crippen LogP contribution in [0.2, 0.25) is 5.02 Å². The molecule has 7 rings (SSSR count). The van der Waals surface area contributed by atoms with Crippen LogP contribution >= 0.6 is 34.8 Å². The fraction of sp³-hybridized carbons (Fsp3) is 0.200. The Morgan fingerprint density at radius 3 is 1.55 bits per heavy atom. The molecule has 1 saturated heterocycles. The summed E-state index contributed by atoms with van der Waals surface area (Å²) in [6.07, 6.45) is 0. The average Bonchev–Trinajstić information content (AvgIpc) is 3.05. The van der Waals surface area contributed by atoms with Gasteiger partial charge in [-0.3, -0.25) is 9.59 Å². The molecule has 1 fully saturated rings. The van der Waals surface area contributed by atoms with E-state index in [9.17, 15) is 9.59 Å². The van der Waals surface area contributed by atoms with Crippen LogP contribution in [-0.4, -0.2) is 11.8 Å². The predicted molar refractivity (Wildman–Crippen MR) is 122 cm³/mol. The second kappa shape index (κ2) is 6.13. The van der Waals surface area contributed by atoms with Gasteiger partial charge in [-0.15, -0.1) is 23.2 Å². The second-order valence-electron chi connectivity index (χ2n) is 8.37. The number of hydrogen-bond donors (Lipinski definition) is 0. The molecule has 1 aliphatic heterocycles. The molecule has 2 amide bonds. The summed E-state index contributed by atoms with van der Waals surface area (Å²) in [6, 6.07) is 20.4. The third-order valence-electron chi connectivity index (χ3n) is 7.07. The first kappa shape index (κ1) is 19.4. The Hall–Kier alpha value is -2.33. The van der Waals surface area contributed by atoms with Crippen LogP contribution in [0.25, 0.3) is 0 Å². The predicted octanol–water partition coefficient (Wildman–Crippen LogP) is 5.75. The molecule has 3 aliphatic carbocycles. The molecule has 6 heteroatoms. The lowest BCUT2D eigenvalue weighted by molar-refractivity contribution is -0.122. The normalized spacial score (nSPS) is 30.3. The Kier molecular flexibility index (Phi) is 3.83. The van der Waals surface area contributed by atoms with E-state index in [1.807, 2.05) is 48.5 Å². The molecule has 4 aliphatic rings. The van der Waals surface area contributed by atoms with E-state index in [1.54, 1.807) is 25.1 Å². The van der Waals surface area contributed by atoms with Crippen molar-refractivity contribution in [2.24, 2.45) is 11.8 Å². The molecule has 0 radical (unpaired) electrons. The summed E-state index contributed by atoms with van der Waals surface area (Å²) in [7, 11) is 0. The molecule has 3 aromatic carbocycles. The van der Waals surface area contributed by atoms with E-state index in [4.69, 9.17) is 34.8 Å². The zero-order valence-corrected chi connectivity index (χ0v) is 18.7. The van der Waals surface area contributed by atoms with Gasteiger partial charge in [0.2, 0.25) is 11.8 Å². The lowest BCUT2D eigenvalue weighted by Gasteiger charge is -2.54. The Morgan fingerprint density at radius 1 is 0.710 bits per heavy atom. The summed E-state index contributed by atoms with van der Waals surface area (Å²) in [4.78, 5) is 26.7. The van der Waals surface area contributed by atoms with Gasteiger partial charge >= 0.3 is 0 Å². The van der Waals surface area contributed by atoms with Crippen molar-refractivity contribution in [2.75, 3.05) is 4.90 Å². The Bertz CT molecular complexity index is 1200. The maximum absolute atomic E-state index is 13.9. The number of amides is 2. The summed E-state index contributed by atoms with van der Waals surface area (Å²) < 4.78 is 0. The van der Waals surface area contributed by atoms with E-state index in [0.717, 1.165) is 22.3 Å². The number of anilines is 1. The Balaban J connectivity index is 1.67. The van der Waals surface area contributed by atoms with Crippen LogP contribution in [0.15, 0.2) is 66.7 Å². The number of halogens is 3. The van der Waals surface area contributed by atoms with Crippen LogP contribution in [0, 0.1) is 18.8 Å². The highest BCUT2D eigenvalue weighted by Crippen LogP contribution is 2.69. The minimum Gasteiger partial charge on any atom is -0.274 e. The molecule has 0 saturated carbocycles. The fourth-order valence-electron chi connectivity index (χ4n) is 5.74. The topological polar surface area (TPSA) is 37.4 Å². The number of carbonyl (C=O) groups is 2. The maximum atomic E-state index is 13.9. The summed E-state index contributed by atoms with van der Waals surface area (Å²) in [5, 5.41) is 0.490. The SMILES string of the molecule is Cc1c(Cl)cccc1N1C(=O)[C@@H]2[C@H](C1=O)C1(Cl)c3ccccc3C2(Cl)c2ccccc21. The van der Waals surface area contributed by atoms with Crippen molar-refractivity contribution in [3.05, 3.63) is 99.6 Å². The van der Waals surface area contributed by atoms with E-state index in [0.29, 0.717) is 16.3 Å². The molecular formula is C25H16Cl3NO2. The van der Waals surface area contributed by atoms with Crippen molar-refractivity contribution in [1.82, 2.24) is 0 Å². The first-order valence-electron chi connectivity index (χ1n) is 10.0. The number of rotatable bonds is 1. The van der Waals surface area contributed by atoms with Crippen molar-refractivity contribution in [2.45, 2.75) is 16.7 Å². The molecule has 1 heterocycles. The molecule has 3 nitrogen and oxygen atoms in total. The minimum absolute atomic E-state index is 0.343. The number of benzene rings is 3. The summed E-state index contributed by atoms with van der Waals surface area (Å²) in [6.45, 7) is 1.80. The molecule has 2 atom stereocenters. The molecule has 0 N–H and O–H groups in total. The van der Waals surface area contributed by atoms with Gasteiger partial charge in [-0.2, -0.15) is 0 Å². The highest BCUT2D eigenvalue weighted by atomic mass is 35.5.